The number of rotatable bonds is 21. The van der Waals surface area contributed by atoms with Crippen LogP contribution in [-0.2, 0) is 24.0 Å². The van der Waals surface area contributed by atoms with E-state index in [-0.39, 0.29) is 49.7 Å². The van der Waals surface area contributed by atoms with Gasteiger partial charge in [-0.1, -0.05) is 24.4 Å². The summed E-state index contributed by atoms with van der Waals surface area (Å²) in [4.78, 5) is 64.3. The smallest absolute Gasteiger partial charge is 0.326 e. The maximum Gasteiger partial charge on any atom is 0.326 e. The molecule has 0 spiro atoms. The number of carboxylic acid groups (broad SMARTS) is 2. The van der Waals surface area contributed by atoms with E-state index in [1.54, 1.807) is 27.9 Å². The predicted molar refractivity (Wildman–Crippen MR) is 146 cm³/mol. The van der Waals surface area contributed by atoms with Crippen molar-refractivity contribution in [1.82, 2.24) is 10.2 Å². The highest BCUT2D eigenvalue weighted by Gasteiger charge is 2.36. The molecule has 0 bridgehead atoms. The van der Waals surface area contributed by atoms with Crippen LogP contribution >= 0.6 is 12.6 Å². The topological polar surface area (TPSA) is 190 Å². The summed E-state index contributed by atoms with van der Waals surface area (Å²) in [7, 11) is 3.17. The average Bonchev–Trinajstić information content (AvgIpc) is 2.83. The number of hydrogen-bond acceptors (Lipinski definition) is 7. The van der Waals surface area contributed by atoms with Crippen LogP contribution in [0.2, 0.25) is 0 Å². The maximum absolute atomic E-state index is 12.6. The van der Waals surface area contributed by atoms with Gasteiger partial charge >= 0.3 is 11.9 Å². The zero-order chi connectivity index (χ0) is 29.3. The number of aliphatic carboxylic acids is 2. The standard InChI is InChI=1S/C25H43N5O7S/c1-25(2,24(36)37)16-17(22(33)30(3)4)15-20(38)19(31)12-8-5-7-11-18(23(34)35)28-21(32)13-9-6-10-14-27-29-26/h17-18,20,38H,5-16H2,1-4H3,(H,28,32)(H,34,35)(H,36,37). The van der Waals surface area contributed by atoms with Gasteiger partial charge in [0.25, 0.3) is 0 Å². The van der Waals surface area contributed by atoms with Gasteiger partial charge in [0, 0.05) is 44.3 Å². The fourth-order valence-corrected chi connectivity index (χ4v) is 4.33. The van der Waals surface area contributed by atoms with E-state index in [9.17, 15) is 34.2 Å². The number of amides is 2. The lowest BCUT2D eigenvalue weighted by Crippen LogP contribution is -2.40. The number of azide groups is 1. The van der Waals surface area contributed by atoms with Crippen LogP contribution in [0.25, 0.3) is 10.4 Å². The predicted octanol–water partition coefficient (Wildman–Crippen LogP) is 3.84. The fourth-order valence-electron chi connectivity index (χ4n) is 3.95. The van der Waals surface area contributed by atoms with Crippen molar-refractivity contribution in [3.05, 3.63) is 10.4 Å². The Labute approximate surface area is 229 Å². The van der Waals surface area contributed by atoms with Gasteiger partial charge in [-0.25, -0.2) is 4.79 Å². The van der Waals surface area contributed by atoms with Crippen molar-refractivity contribution in [3.8, 4) is 0 Å². The van der Waals surface area contributed by atoms with Gasteiger partial charge in [0.15, 0.2) is 0 Å². The van der Waals surface area contributed by atoms with Crippen LogP contribution in [0.5, 0.6) is 0 Å². The lowest BCUT2D eigenvalue weighted by Gasteiger charge is -2.28. The molecule has 0 saturated heterocycles. The van der Waals surface area contributed by atoms with Gasteiger partial charge in [-0.3, -0.25) is 19.2 Å². The number of carbonyl (C=O) groups is 5. The molecule has 0 aromatic carbocycles. The summed E-state index contributed by atoms with van der Waals surface area (Å²) >= 11 is 4.39. The molecule has 0 rings (SSSR count). The Bertz CT molecular complexity index is 859. The van der Waals surface area contributed by atoms with E-state index < -0.39 is 34.6 Å². The van der Waals surface area contributed by atoms with E-state index in [1.807, 2.05) is 0 Å². The second-order valence-electron chi connectivity index (χ2n) is 10.4. The third-order valence-corrected chi connectivity index (χ3v) is 6.78. The van der Waals surface area contributed by atoms with Crippen molar-refractivity contribution in [1.29, 1.82) is 0 Å². The third-order valence-electron chi connectivity index (χ3n) is 6.28. The van der Waals surface area contributed by atoms with Crippen LogP contribution in [0.3, 0.4) is 0 Å². The van der Waals surface area contributed by atoms with Crippen LogP contribution in [0.4, 0.5) is 0 Å². The molecule has 0 aliphatic heterocycles. The summed E-state index contributed by atoms with van der Waals surface area (Å²) < 4.78 is 0. The van der Waals surface area contributed by atoms with Crippen LogP contribution in [-0.4, -0.2) is 76.6 Å². The summed E-state index contributed by atoms with van der Waals surface area (Å²) in [6.45, 7) is 3.45. The molecule has 13 heteroatoms. The third kappa shape index (κ3) is 14.8. The Hall–Kier alpha value is -2.79. The molecule has 216 valence electrons. The van der Waals surface area contributed by atoms with Gasteiger partial charge in [0.2, 0.25) is 11.8 Å². The highest BCUT2D eigenvalue weighted by atomic mass is 32.1. The molecule has 2 amide bonds. The lowest BCUT2D eigenvalue weighted by atomic mass is 9.80. The average molecular weight is 558 g/mol. The molecular formula is C25H43N5O7S. The van der Waals surface area contributed by atoms with Crippen LogP contribution < -0.4 is 5.32 Å². The van der Waals surface area contributed by atoms with Gasteiger partial charge < -0.3 is 20.4 Å². The quantitative estimate of drug-likeness (QED) is 0.0541. The Morgan fingerprint density at radius 2 is 1.61 bits per heavy atom. The SMILES string of the molecule is CN(C)C(=O)C(CC(S)C(=O)CCCCCC(NC(=O)CCCCCN=[N+]=[N-])C(=O)O)CC(C)(C)C(=O)O. The number of carboxylic acids is 2. The maximum atomic E-state index is 12.6. The number of nitrogens with zero attached hydrogens (tertiary/aromatic N) is 4. The Morgan fingerprint density at radius 1 is 1.00 bits per heavy atom. The first-order valence-corrected chi connectivity index (χ1v) is 13.4. The zero-order valence-electron chi connectivity index (χ0n) is 22.9. The minimum Gasteiger partial charge on any atom is -0.481 e. The minimum absolute atomic E-state index is 0.0850. The number of ketones is 1. The van der Waals surface area contributed by atoms with Gasteiger partial charge in [-0.2, -0.15) is 12.6 Å². The normalized spacial score (nSPS) is 13.5. The second kappa shape index (κ2) is 18.5. The number of thiol groups is 1. The molecule has 3 N–H and O–H groups in total. The van der Waals surface area contributed by atoms with Crippen molar-refractivity contribution < 1.29 is 34.2 Å². The molecule has 3 unspecified atom stereocenters. The van der Waals surface area contributed by atoms with E-state index in [0.717, 1.165) is 0 Å². The van der Waals surface area contributed by atoms with Crippen molar-refractivity contribution in [2.75, 3.05) is 20.6 Å². The van der Waals surface area contributed by atoms with E-state index in [2.05, 4.69) is 28.0 Å². The number of unbranched alkanes of at least 4 members (excludes halogenated alkanes) is 4. The van der Waals surface area contributed by atoms with E-state index in [1.165, 1.54) is 4.90 Å². The number of hydrogen-bond donors (Lipinski definition) is 4. The van der Waals surface area contributed by atoms with Gasteiger partial charge in [0.05, 0.1) is 10.7 Å². The van der Waals surface area contributed by atoms with Gasteiger partial charge in [-0.15, -0.1) is 0 Å². The lowest BCUT2D eigenvalue weighted by molar-refractivity contribution is -0.149. The van der Waals surface area contributed by atoms with E-state index in [0.29, 0.717) is 45.1 Å². The molecule has 3 atom stereocenters. The molecule has 38 heavy (non-hydrogen) atoms. The van der Waals surface area contributed by atoms with Crippen LogP contribution in [0.1, 0.15) is 84.5 Å². The molecule has 0 aliphatic rings. The Balaban J connectivity index is 4.56. The van der Waals surface area contributed by atoms with Crippen molar-refractivity contribution >= 4 is 42.2 Å². The largest absolute Gasteiger partial charge is 0.481 e. The highest BCUT2D eigenvalue weighted by Crippen LogP contribution is 2.31. The fraction of sp³-hybridized carbons (Fsp3) is 0.800. The monoisotopic (exact) mass is 557 g/mol. The first-order chi connectivity index (χ1) is 17.7. The molecule has 0 heterocycles. The number of Topliss-reactive ketones (excluding diaryl/α,β-unsaturated/α-hetero) is 1. The highest BCUT2D eigenvalue weighted by molar-refractivity contribution is 7.81. The Morgan fingerprint density at radius 3 is 2.16 bits per heavy atom. The van der Waals surface area contributed by atoms with Crippen molar-refractivity contribution in [3.63, 3.8) is 0 Å². The van der Waals surface area contributed by atoms with Gasteiger partial charge in [0.1, 0.15) is 11.8 Å². The van der Waals surface area contributed by atoms with Crippen molar-refractivity contribution in [2.24, 2.45) is 16.4 Å². The molecule has 0 aromatic heterocycles. The zero-order valence-corrected chi connectivity index (χ0v) is 23.8. The molecular weight excluding hydrogens is 514 g/mol. The van der Waals surface area contributed by atoms with Crippen LogP contribution in [0, 0.1) is 11.3 Å². The minimum atomic E-state index is -1.13. The number of nitrogens with one attached hydrogen (secondary N) is 1. The Kier molecular flexibility index (Phi) is 17.1. The van der Waals surface area contributed by atoms with E-state index >= 15 is 0 Å². The van der Waals surface area contributed by atoms with Gasteiger partial charge in [-0.05, 0) is 57.9 Å². The molecule has 0 saturated carbocycles. The summed E-state index contributed by atoms with van der Waals surface area (Å²) in [6.07, 6.45) is 4.38. The number of carbonyl (C=O) groups excluding carboxylic acids is 3. The summed E-state index contributed by atoms with van der Waals surface area (Å²) in [5.41, 5.74) is 7.09. The van der Waals surface area contributed by atoms with Crippen molar-refractivity contribution in [2.45, 2.75) is 95.8 Å². The van der Waals surface area contributed by atoms with E-state index in [4.69, 9.17) is 5.53 Å². The molecule has 0 aliphatic carbocycles. The summed E-state index contributed by atoms with van der Waals surface area (Å²) in [5, 5.41) is 24.1. The molecule has 0 fully saturated rings. The molecule has 0 aromatic rings. The summed E-state index contributed by atoms with van der Waals surface area (Å²) in [6, 6.07) is -1.01. The van der Waals surface area contributed by atoms with Crippen LogP contribution in [0.15, 0.2) is 5.11 Å². The molecule has 12 nitrogen and oxygen atoms in total. The first-order valence-electron chi connectivity index (χ1n) is 12.9. The summed E-state index contributed by atoms with van der Waals surface area (Å²) in [5.74, 6) is -3.54. The second-order valence-corrected chi connectivity index (χ2v) is 11.0. The molecule has 0 radical (unpaired) electrons. The first kappa shape index (κ1) is 35.2.